The highest BCUT2D eigenvalue weighted by Crippen LogP contribution is 1.99. The molecule has 1 rings (SSSR count). The normalized spacial score (nSPS) is 27.0. The minimum atomic E-state index is -0.268. The molecule has 1 aliphatic heterocycles. The number of nitrogens with one attached hydrogen (secondary N) is 1. The minimum Gasteiger partial charge on any atom is -0.321 e. The van der Waals surface area contributed by atoms with E-state index in [-0.39, 0.29) is 11.9 Å². The third-order valence-corrected chi connectivity index (χ3v) is 1.96. The summed E-state index contributed by atoms with van der Waals surface area (Å²) in [7, 11) is 0. The highest BCUT2D eigenvalue weighted by atomic mass is 16.2. The van der Waals surface area contributed by atoms with E-state index in [4.69, 9.17) is 5.73 Å². The van der Waals surface area contributed by atoms with Crippen molar-refractivity contribution < 1.29 is 4.79 Å². The van der Waals surface area contributed by atoms with Crippen LogP contribution in [0.25, 0.3) is 0 Å². The number of carbonyl (C=O) groups excluding carboxylic acids is 1. The van der Waals surface area contributed by atoms with Crippen molar-refractivity contribution in [1.29, 1.82) is 0 Å². The van der Waals surface area contributed by atoms with Gasteiger partial charge in [0.15, 0.2) is 0 Å². The molecule has 0 aromatic heterocycles. The lowest BCUT2D eigenvalue weighted by Crippen LogP contribution is -2.60. The van der Waals surface area contributed by atoms with Crippen LogP contribution in [-0.2, 0) is 4.79 Å². The molecular weight excluding hydrogens is 168 g/mol. The maximum Gasteiger partial charge on any atom is 0.283 e. The number of hydrazine groups is 1. The molecule has 1 saturated heterocycles. The Labute approximate surface area is 78.0 Å². The molecule has 0 aliphatic carbocycles. The van der Waals surface area contributed by atoms with E-state index in [1.165, 1.54) is 5.01 Å². The van der Waals surface area contributed by atoms with Crippen LogP contribution in [-0.4, -0.2) is 42.3 Å². The monoisotopic (exact) mass is 184 g/mol. The zero-order valence-electron chi connectivity index (χ0n) is 8.08. The van der Waals surface area contributed by atoms with Gasteiger partial charge in [-0.1, -0.05) is 0 Å². The Bertz CT molecular complexity index is 226. The molecule has 74 valence electrons. The Morgan fingerprint density at radius 2 is 2.38 bits per heavy atom. The van der Waals surface area contributed by atoms with Crippen molar-refractivity contribution in [2.24, 2.45) is 10.7 Å². The number of nitrogens with two attached hydrogens (primary N) is 1. The van der Waals surface area contributed by atoms with Crippen molar-refractivity contribution in [1.82, 2.24) is 10.4 Å². The third-order valence-electron chi connectivity index (χ3n) is 1.96. The summed E-state index contributed by atoms with van der Waals surface area (Å²) >= 11 is 0. The number of hydrogen-bond acceptors (Lipinski definition) is 4. The molecule has 1 amide bonds. The summed E-state index contributed by atoms with van der Waals surface area (Å²) < 4.78 is 0. The molecular formula is C8H16N4O. The maximum atomic E-state index is 11.6. The highest BCUT2D eigenvalue weighted by molar-refractivity contribution is 6.41. The fraction of sp³-hybridized carbons (Fsp3) is 0.750. The van der Waals surface area contributed by atoms with Gasteiger partial charge in [-0.15, -0.1) is 0 Å². The van der Waals surface area contributed by atoms with Crippen LogP contribution in [0.1, 0.15) is 13.8 Å². The number of amides is 1. The van der Waals surface area contributed by atoms with Crippen molar-refractivity contribution >= 4 is 11.6 Å². The lowest BCUT2D eigenvalue weighted by molar-refractivity contribution is -0.128. The second-order valence-corrected chi connectivity index (χ2v) is 2.88. The van der Waals surface area contributed by atoms with Crippen LogP contribution in [0.3, 0.4) is 0 Å². The quantitative estimate of drug-likeness (QED) is 0.586. The van der Waals surface area contributed by atoms with Crippen LogP contribution in [0.15, 0.2) is 4.99 Å². The number of rotatable bonds is 2. The lowest BCUT2D eigenvalue weighted by Gasteiger charge is -2.30. The Morgan fingerprint density at radius 1 is 1.69 bits per heavy atom. The van der Waals surface area contributed by atoms with E-state index in [0.717, 1.165) is 0 Å². The van der Waals surface area contributed by atoms with Gasteiger partial charge < -0.3 is 5.73 Å². The van der Waals surface area contributed by atoms with Crippen molar-refractivity contribution in [2.75, 3.05) is 19.6 Å². The Hall–Kier alpha value is -0.940. The average molecular weight is 184 g/mol. The minimum absolute atomic E-state index is 0.0944. The number of hydrogen-bond donors (Lipinski definition) is 2. The predicted octanol–water partition coefficient (Wildman–Crippen LogP) is -0.859. The van der Waals surface area contributed by atoms with E-state index in [9.17, 15) is 4.79 Å². The maximum absolute atomic E-state index is 11.6. The largest absolute Gasteiger partial charge is 0.321 e. The van der Waals surface area contributed by atoms with Gasteiger partial charge in [0.1, 0.15) is 5.71 Å². The van der Waals surface area contributed by atoms with Crippen LogP contribution < -0.4 is 11.2 Å². The molecule has 0 spiro atoms. The van der Waals surface area contributed by atoms with Crippen LogP contribution in [0.2, 0.25) is 0 Å². The summed E-state index contributed by atoms with van der Waals surface area (Å²) in [5, 5.41) is 1.54. The lowest BCUT2D eigenvalue weighted by atomic mass is 10.1. The van der Waals surface area contributed by atoms with Crippen LogP contribution in [0, 0.1) is 0 Å². The molecule has 1 aliphatic rings. The van der Waals surface area contributed by atoms with Gasteiger partial charge in [0, 0.05) is 19.6 Å². The average Bonchev–Trinajstić information content (AvgIpc) is 2.12. The first kappa shape index (κ1) is 10.1. The van der Waals surface area contributed by atoms with Gasteiger partial charge in [-0.3, -0.25) is 14.8 Å². The van der Waals surface area contributed by atoms with Crippen molar-refractivity contribution in [2.45, 2.75) is 19.9 Å². The first-order valence-corrected chi connectivity index (χ1v) is 4.56. The van der Waals surface area contributed by atoms with Gasteiger partial charge in [-0.05, 0) is 13.8 Å². The standard InChI is InChI=1S/C8H16N4O/c1-3-10-7-6(9)5-11-12(4-2)8(7)13/h6,11H,3-5,9H2,1-2H3. The van der Waals surface area contributed by atoms with Crippen LogP contribution in [0.4, 0.5) is 0 Å². The smallest absolute Gasteiger partial charge is 0.283 e. The Kier molecular flexibility index (Phi) is 3.39. The van der Waals surface area contributed by atoms with Crippen molar-refractivity contribution in [3.63, 3.8) is 0 Å². The predicted molar refractivity (Wildman–Crippen MR) is 51.3 cm³/mol. The van der Waals surface area contributed by atoms with Gasteiger partial charge >= 0.3 is 0 Å². The first-order chi connectivity index (χ1) is 6.20. The third kappa shape index (κ3) is 2.05. The SMILES string of the molecule is CCN=C1C(=O)N(CC)NCC1N. The van der Waals surface area contributed by atoms with E-state index in [0.29, 0.717) is 25.3 Å². The highest BCUT2D eigenvalue weighted by Gasteiger charge is 2.28. The topological polar surface area (TPSA) is 70.7 Å². The van der Waals surface area contributed by atoms with Crippen molar-refractivity contribution in [3.8, 4) is 0 Å². The molecule has 1 unspecified atom stereocenters. The molecule has 0 radical (unpaired) electrons. The van der Waals surface area contributed by atoms with Gasteiger partial charge in [0.05, 0.1) is 6.04 Å². The molecule has 3 N–H and O–H groups in total. The summed E-state index contributed by atoms with van der Waals surface area (Å²) in [5.41, 5.74) is 9.16. The van der Waals surface area contributed by atoms with Crippen LogP contribution >= 0.6 is 0 Å². The zero-order valence-corrected chi connectivity index (χ0v) is 8.08. The number of nitrogens with zero attached hydrogens (tertiary/aromatic N) is 2. The van der Waals surface area contributed by atoms with E-state index < -0.39 is 0 Å². The summed E-state index contributed by atoms with van der Waals surface area (Å²) in [5.74, 6) is -0.0944. The molecule has 5 nitrogen and oxygen atoms in total. The van der Waals surface area contributed by atoms with E-state index in [2.05, 4.69) is 10.4 Å². The first-order valence-electron chi connectivity index (χ1n) is 4.56. The van der Waals surface area contributed by atoms with Crippen LogP contribution in [0.5, 0.6) is 0 Å². The zero-order chi connectivity index (χ0) is 9.84. The second kappa shape index (κ2) is 4.34. The molecule has 5 heteroatoms. The number of aliphatic imine (C=N–C) groups is 1. The van der Waals surface area contributed by atoms with E-state index in [1.807, 2.05) is 13.8 Å². The van der Waals surface area contributed by atoms with Gasteiger partial charge in [-0.25, -0.2) is 5.43 Å². The molecule has 0 saturated carbocycles. The summed E-state index contributed by atoms with van der Waals surface area (Å²) in [4.78, 5) is 15.7. The molecule has 0 bridgehead atoms. The fourth-order valence-corrected chi connectivity index (χ4v) is 1.28. The Balaban J connectivity index is 2.78. The van der Waals surface area contributed by atoms with Crippen molar-refractivity contribution in [3.05, 3.63) is 0 Å². The molecule has 1 heterocycles. The molecule has 0 aromatic carbocycles. The second-order valence-electron chi connectivity index (χ2n) is 2.88. The van der Waals surface area contributed by atoms with E-state index >= 15 is 0 Å². The fourth-order valence-electron chi connectivity index (χ4n) is 1.28. The summed E-state index contributed by atoms with van der Waals surface area (Å²) in [6.45, 7) is 5.62. The molecule has 1 atom stereocenters. The number of carbonyl (C=O) groups is 1. The summed E-state index contributed by atoms with van der Waals surface area (Å²) in [6, 6.07) is -0.268. The van der Waals surface area contributed by atoms with Gasteiger partial charge in [0.2, 0.25) is 0 Å². The van der Waals surface area contributed by atoms with Gasteiger partial charge in [0.25, 0.3) is 5.91 Å². The molecule has 13 heavy (non-hydrogen) atoms. The van der Waals surface area contributed by atoms with Gasteiger partial charge in [-0.2, -0.15) is 0 Å². The van der Waals surface area contributed by atoms with E-state index in [1.54, 1.807) is 0 Å². The molecule has 1 fully saturated rings. The molecule has 0 aromatic rings. The Morgan fingerprint density at radius 3 is 2.92 bits per heavy atom. The summed E-state index contributed by atoms with van der Waals surface area (Å²) in [6.07, 6.45) is 0.